The number of nitrogens with zero attached hydrogens (tertiary/aromatic N) is 2. The molecule has 1 aromatic carbocycles. The molecule has 0 unspecified atom stereocenters. The molecule has 3 rings (SSSR count). The molecule has 8 heteroatoms. The summed E-state index contributed by atoms with van der Waals surface area (Å²) in [5.74, 6) is 0.515. The molecule has 0 atom stereocenters. The Morgan fingerprint density at radius 2 is 1.74 bits per heavy atom. The van der Waals surface area contributed by atoms with Crippen LogP contribution >= 0.6 is 23.1 Å². The third-order valence-electron chi connectivity index (χ3n) is 2.45. The maximum absolute atomic E-state index is 11.4. The van der Waals surface area contributed by atoms with E-state index in [0.29, 0.717) is 10.8 Å². The molecule has 23 heavy (non-hydrogen) atoms. The number of ether oxygens (including phenoxy) is 1. The molecule has 1 amide bonds. The van der Waals surface area contributed by atoms with Crippen molar-refractivity contribution in [2.24, 2.45) is 0 Å². The highest BCUT2D eigenvalue weighted by Crippen LogP contribution is 2.16. The Kier molecular flexibility index (Phi) is 6.07. The number of amides is 1. The second kappa shape index (κ2) is 8.25. The normalized spacial score (nSPS) is 9.65. The van der Waals surface area contributed by atoms with E-state index in [1.54, 1.807) is 30.3 Å². The zero-order valence-electron chi connectivity index (χ0n) is 12.6. The molecule has 0 aliphatic carbocycles. The molecule has 2 aromatic heterocycles. The number of carbonyl (C=O) groups excluding carboxylic acids is 1. The van der Waals surface area contributed by atoms with Gasteiger partial charge in [-0.05, 0) is 61.2 Å². The summed E-state index contributed by atoms with van der Waals surface area (Å²) in [6.07, 6.45) is -0.505. The zero-order valence-corrected chi connectivity index (χ0v) is 14.3. The SMILES string of the molecule is Cc1cc(N)sn1.Cc1cc(NC(=O)Oc2ccccc2)sn1. The van der Waals surface area contributed by atoms with E-state index in [1.807, 2.05) is 26.0 Å². The van der Waals surface area contributed by atoms with Crippen LogP contribution in [0.25, 0.3) is 0 Å². The van der Waals surface area contributed by atoms with Gasteiger partial charge in [0, 0.05) is 0 Å². The maximum Gasteiger partial charge on any atom is 0.417 e. The first-order chi connectivity index (χ1) is 11.0. The summed E-state index contributed by atoms with van der Waals surface area (Å²) in [4.78, 5) is 11.4. The molecule has 3 aromatic rings. The number of aromatic nitrogens is 2. The highest BCUT2D eigenvalue weighted by molar-refractivity contribution is 7.10. The van der Waals surface area contributed by atoms with Gasteiger partial charge < -0.3 is 10.5 Å². The summed E-state index contributed by atoms with van der Waals surface area (Å²) in [6.45, 7) is 3.79. The molecule has 0 bridgehead atoms. The molecule has 0 aliphatic heterocycles. The Bertz CT molecular complexity index is 739. The van der Waals surface area contributed by atoms with Crippen molar-refractivity contribution in [2.75, 3.05) is 11.1 Å². The Labute approximate surface area is 142 Å². The first-order valence-electron chi connectivity index (χ1n) is 6.69. The average Bonchev–Trinajstić information content (AvgIpc) is 3.08. The van der Waals surface area contributed by atoms with Crippen molar-refractivity contribution < 1.29 is 9.53 Å². The third-order valence-corrected chi connectivity index (χ3v) is 3.96. The monoisotopic (exact) mass is 348 g/mol. The topological polar surface area (TPSA) is 90.1 Å². The van der Waals surface area contributed by atoms with Crippen LogP contribution in [0.15, 0.2) is 42.5 Å². The number of rotatable bonds is 2. The first kappa shape index (κ1) is 16.9. The van der Waals surface area contributed by atoms with E-state index in [1.165, 1.54) is 23.1 Å². The molecular weight excluding hydrogens is 332 g/mol. The molecule has 3 N–H and O–H groups in total. The Morgan fingerprint density at radius 3 is 2.22 bits per heavy atom. The molecule has 0 aliphatic rings. The van der Waals surface area contributed by atoms with E-state index in [2.05, 4.69) is 14.1 Å². The summed E-state index contributed by atoms with van der Waals surface area (Å²) >= 11 is 2.56. The molecule has 6 nitrogen and oxygen atoms in total. The summed E-state index contributed by atoms with van der Waals surface area (Å²) in [7, 11) is 0. The minimum absolute atomic E-state index is 0.505. The lowest BCUT2D eigenvalue weighted by molar-refractivity contribution is 0.215. The quantitative estimate of drug-likeness (QED) is 0.728. The second-order valence-corrected chi connectivity index (χ2v) is 6.17. The smallest absolute Gasteiger partial charge is 0.410 e. The molecule has 0 saturated heterocycles. The van der Waals surface area contributed by atoms with Crippen LogP contribution in [0.5, 0.6) is 5.75 Å². The van der Waals surface area contributed by atoms with Gasteiger partial charge in [-0.1, -0.05) is 18.2 Å². The molecular formula is C15H16N4O2S2. The van der Waals surface area contributed by atoms with Crippen molar-refractivity contribution in [3.8, 4) is 5.75 Å². The Hall–Kier alpha value is -2.45. The fourth-order valence-corrected chi connectivity index (χ4v) is 2.70. The Balaban J connectivity index is 0.000000229. The van der Waals surface area contributed by atoms with E-state index in [-0.39, 0.29) is 0 Å². The lowest BCUT2D eigenvalue weighted by Gasteiger charge is -2.03. The lowest BCUT2D eigenvalue weighted by atomic mass is 10.3. The van der Waals surface area contributed by atoms with Crippen LogP contribution in [-0.4, -0.2) is 14.8 Å². The van der Waals surface area contributed by atoms with E-state index >= 15 is 0 Å². The number of aryl methyl sites for hydroxylation is 2. The number of hydrogen-bond acceptors (Lipinski definition) is 7. The fourth-order valence-electron chi connectivity index (χ4n) is 1.53. The van der Waals surface area contributed by atoms with Crippen LogP contribution in [0.4, 0.5) is 14.8 Å². The van der Waals surface area contributed by atoms with Crippen molar-refractivity contribution in [1.29, 1.82) is 0 Å². The van der Waals surface area contributed by atoms with Gasteiger partial charge in [-0.15, -0.1) is 0 Å². The van der Waals surface area contributed by atoms with Gasteiger partial charge in [0.25, 0.3) is 0 Å². The summed E-state index contributed by atoms with van der Waals surface area (Å²) in [5, 5.41) is 4.07. The molecule has 0 fully saturated rings. The zero-order chi connectivity index (χ0) is 16.7. The minimum atomic E-state index is -0.505. The average molecular weight is 348 g/mol. The number of hydrogen-bond donors (Lipinski definition) is 2. The number of nitrogens with two attached hydrogens (primary N) is 1. The van der Waals surface area contributed by atoms with E-state index in [0.717, 1.165) is 16.4 Å². The van der Waals surface area contributed by atoms with Crippen LogP contribution in [-0.2, 0) is 0 Å². The molecule has 0 spiro atoms. The number of anilines is 2. The second-order valence-electron chi connectivity index (χ2n) is 4.53. The number of nitrogen functional groups attached to an aromatic ring is 1. The number of nitrogens with one attached hydrogen (secondary N) is 1. The van der Waals surface area contributed by atoms with Gasteiger partial charge in [0.1, 0.15) is 15.8 Å². The molecule has 2 heterocycles. The van der Waals surface area contributed by atoms with Crippen molar-refractivity contribution in [2.45, 2.75) is 13.8 Å². The van der Waals surface area contributed by atoms with Crippen LogP contribution in [0.1, 0.15) is 11.4 Å². The van der Waals surface area contributed by atoms with Crippen LogP contribution in [0.3, 0.4) is 0 Å². The van der Waals surface area contributed by atoms with Crippen LogP contribution < -0.4 is 15.8 Å². The van der Waals surface area contributed by atoms with Crippen molar-refractivity contribution in [1.82, 2.24) is 8.75 Å². The number of carbonyl (C=O) groups is 1. The lowest BCUT2D eigenvalue weighted by Crippen LogP contribution is -2.15. The summed E-state index contributed by atoms with van der Waals surface area (Å²) in [5.41, 5.74) is 7.21. The third kappa shape index (κ3) is 6.05. The summed E-state index contributed by atoms with van der Waals surface area (Å²) in [6, 6.07) is 12.5. The van der Waals surface area contributed by atoms with Crippen molar-refractivity contribution >= 4 is 39.2 Å². The highest BCUT2D eigenvalue weighted by Gasteiger charge is 2.06. The minimum Gasteiger partial charge on any atom is -0.410 e. The predicted molar refractivity (Wildman–Crippen MR) is 94.2 cm³/mol. The van der Waals surface area contributed by atoms with Gasteiger partial charge in [0.05, 0.1) is 11.4 Å². The van der Waals surface area contributed by atoms with Crippen LogP contribution in [0, 0.1) is 13.8 Å². The van der Waals surface area contributed by atoms with Crippen molar-refractivity contribution in [3.05, 3.63) is 53.9 Å². The van der Waals surface area contributed by atoms with Crippen molar-refractivity contribution in [3.63, 3.8) is 0 Å². The predicted octanol–water partition coefficient (Wildman–Crippen LogP) is 4.10. The standard InChI is InChI=1S/C11H10N2O2S.C4H6N2S/c1-8-7-10(16-13-8)12-11(14)15-9-5-3-2-4-6-9;1-3-2-4(5)7-6-3/h2-7H,1H3,(H,12,14);2H,5H2,1H3. The number of para-hydroxylation sites is 1. The largest absolute Gasteiger partial charge is 0.417 e. The van der Waals surface area contributed by atoms with Gasteiger partial charge in [-0.25, -0.2) is 4.79 Å². The van der Waals surface area contributed by atoms with Gasteiger partial charge in [-0.2, -0.15) is 8.75 Å². The highest BCUT2D eigenvalue weighted by atomic mass is 32.1. The Morgan fingerprint density at radius 1 is 1.09 bits per heavy atom. The van der Waals surface area contributed by atoms with Gasteiger partial charge >= 0.3 is 6.09 Å². The van der Waals surface area contributed by atoms with Gasteiger partial charge in [0.15, 0.2) is 0 Å². The fraction of sp³-hybridized carbons (Fsp3) is 0.133. The summed E-state index contributed by atoms with van der Waals surface area (Å²) < 4.78 is 13.0. The molecule has 120 valence electrons. The van der Waals surface area contributed by atoms with E-state index in [4.69, 9.17) is 10.5 Å². The van der Waals surface area contributed by atoms with Gasteiger partial charge in [-0.3, -0.25) is 5.32 Å². The molecule has 0 radical (unpaired) electrons. The first-order valence-corrected chi connectivity index (χ1v) is 8.23. The number of benzene rings is 1. The van der Waals surface area contributed by atoms with Crippen LogP contribution in [0.2, 0.25) is 0 Å². The van der Waals surface area contributed by atoms with E-state index in [9.17, 15) is 4.79 Å². The maximum atomic E-state index is 11.4. The molecule has 0 saturated carbocycles. The van der Waals surface area contributed by atoms with Gasteiger partial charge in [0.2, 0.25) is 0 Å². The van der Waals surface area contributed by atoms with E-state index < -0.39 is 6.09 Å².